The predicted octanol–water partition coefficient (Wildman–Crippen LogP) is 2.27. The van der Waals surface area contributed by atoms with Gasteiger partial charge in [0.1, 0.15) is 11.6 Å². The molecule has 0 spiro atoms. The molecule has 0 amide bonds. The minimum Gasteiger partial charge on any atom is -0.493 e. The molecule has 0 N–H and O–H groups in total. The van der Waals surface area contributed by atoms with Gasteiger partial charge in [0.05, 0.1) is 18.1 Å². The van der Waals surface area contributed by atoms with Crippen molar-refractivity contribution in [2.75, 3.05) is 23.9 Å². The minimum absolute atomic E-state index is 0.162. The monoisotopic (exact) mass is 381 g/mol. The summed E-state index contributed by atoms with van der Waals surface area (Å²) in [6.45, 7) is 2.63. The lowest BCUT2D eigenvalue weighted by Crippen LogP contribution is -2.11. The van der Waals surface area contributed by atoms with Crippen LogP contribution < -0.4 is 4.74 Å². The van der Waals surface area contributed by atoms with Gasteiger partial charge in [-0.2, -0.15) is 0 Å². The van der Waals surface area contributed by atoms with E-state index in [1.807, 2.05) is 42.8 Å². The molecule has 0 saturated carbocycles. The Balaban J connectivity index is 1.48. The maximum atomic E-state index is 11.6. The zero-order chi connectivity index (χ0) is 17.9. The maximum absolute atomic E-state index is 11.6. The van der Waals surface area contributed by atoms with E-state index in [0.717, 1.165) is 28.9 Å². The first-order valence-electron chi connectivity index (χ1n) is 8.34. The minimum atomic E-state index is -2.85. The SMILES string of the molecule is Cc1cccc(OCCSc2nnc(C[C@@H]3CCS(=O)(=O)C3)n2C)c1. The molecule has 136 valence electrons. The quantitative estimate of drug-likeness (QED) is 0.541. The summed E-state index contributed by atoms with van der Waals surface area (Å²) in [6.07, 6.45) is 1.39. The van der Waals surface area contributed by atoms with Crippen molar-refractivity contribution in [3.63, 3.8) is 0 Å². The van der Waals surface area contributed by atoms with Crippen molar-refractivity contribution in [1.29, 1.82) is 0 Å². The van der Waals surface area contributed by atoms with Gasteiger partial charge in [-0.25, -0.2) is 8.42 Å². The van der Waals surface area contributed by atoms with Crippen molar-refractivity contribution in [2.24, 2.45) is 13.0 Å². The molecule has 1 aromatic heterocycles. The number of nitrogens with zero attached hydrogens (tertiary/aromatic N) is 3. The molecule has 0 radical (unpaired) electrons. The molecule has 0 aliphatic carbocycles. The molecule has 1 aliphatic heterocycles. The van der Waals surface area contributed by atoms with Crippen LogP contribution in [0.4, 0.5) is 0 Å². The molecule has 2 aromatic rings. The van der Waals surface area contributed by atoms with Crippen LogP contribution in [0.3, 0.4) is 0 Å². The highest BCUT2D eigenvalue weighted by Crippen LogP contribution is 2.23. The highest BCUT2D eigenvalue weighted by molar-refractivity contribution is 7.99. The lowest BCUT2D eigenvalue weighted by atomic mass is 10.1. The Bertz CT molecular complexity index is 833. The van der Waals surface area contributed by atoms with Gasteiger partial charge in [0.25, 0.3) is 0 Å². The van der Waals surface area contributed by atoms with Crippen molar-refractivity contribution >= 4 is 21.6 Å². The topological polar surface area (TPSA) is 74.1 Å². The number of hydrogen-bond donors (Lipinski definition) is 0. The van der Waals surface area contributed by atoms with Crippen LogP contribution in [0, 0.1) is 12.8 Å². The fraction of sp³-hybridized carbons (Fsp3) is 0.529. The molecule has 2 heterocycles. The summed E-state index contributed by atoms with van der Waals surface area (Å²) in [5.74, 6) is 3.24. The second-order valence-electron chi connectivity index (χ2n) is 6.44. The third kappa shape index (κ3) is 4.98. The van der Waals surface area contributed by atoms with E-state index < -0.39 is 9.84 Å². The second kappa shape index (κ2) is 7.78. The van der Waals surface area contributed by atoms with Gasteiger partial charge in [0.2, 0.25) is 0 Å². The molecule has 1 aliphatic rings. The normalized spacial score (nSPS) is 19.2. The number of benzene rings is 1. The Hall–Kier alpha value is -1.54. The summed E-state index contributed by atoms with van der Waals surface area (Å²) in [7, 11) is -0.915. The lowest BCUT2D eigenvalue weighted by Gasteiger charge is -2.08. The lowest BCUT2D eigenvalue weighted by molar-refractivity contribution is 0.343. The fourth-order valence-electron chi connectivity index (χ4n) is 2.94. The van der Waals surface area contributed by atoms with Crippen molar-refractivity contribution < 1.29 is 13.2 Å². The van der Waals surface area contributed by atoms with E-state index in [1.54, 1.807) is 11.8 Å². The van der Waals surface area contributed by atoms with E-state index in [-0.39, 0.29) is 11.7 Å². The van der Waals surface area contributed by atoms with Gasteiger partial charge in [-0.15, -0.1) is 10.2 Å². The van der Waals surface area contributed by atoms with E-state index in [9.17, 15) is 8.42 Å². The maximum Gasteiger partial charge on any atom is 0.191 e. The molecule has 1 atom stereocenters. The molecular formula is C17H23N3O3S2. The van der Waals surface area contributed by atoms with E-state index in [1.165, 1.54) is 5.56 Å². The van der Waals surface area contributed by atoms with Crippen LogP contribution in [0.25, 0.3) is 0 Å². The van der Waals surface area contributed by atoms with E-state index >= 15 is 0 Å². The third-order valence-corrected chi connectivity index (χ3v) is 7.12. The summed E-state index contributed by atoms with van der Waals surface area (Å²) in [5, 5.41) is 9.29. The van der Waals surface area contributed by atoms with Gasteiger partial charge in [-0.1, -0.05) is 23.9 Å². The van der Waals surface area contributed by atoms with Crippen LogP contribution in [-0.4, -0.2) is 47.0 Å². The van der Waals surface area contributed by atoms with Crippen LogP contribution in [0.5, 0.6) is 5.75 Å². The molecule has 25 heavy (non-hydrogen) atoms. The van der Waals surface area contributed by atoms with Gasteiger partial charge in [0, 0.05) is 19.2 Å². The van der Waals surface area contributed by atoms with Crippen LogP contribution >= 0.6 is 11.8 Å². The Labute approximate surface area is 152 Å². The van der Waals surface area contributed by atoms with Gasteiger partial charge in [-0.05, 0) is 37.0 Å². The van der Waals surface area contributed by atoms with Gasteiger partial charge in [0.15, 0.2) is 15.0 Å². The molecule has 8 heteroatoms. The number of sulfone groups is 1. The van der Waals surface area contributed by atoms with Gasteiger partial charge in [-0.3, -0.25) is 0 Å². The number of aryl methyl sites for hydroxylation is 1. The molecule has 1 aromatic carbocycles. The van der Waals surface area contributed by atoms with Crippen molar-refractivity contribution in [2.45, 2.75) is 24.9 Å². The summed E-state index contributed by atoms with van der Waals surface area (Å²) < 4.78 is 30.8. The van der Waals surface area contributed by atoms with Gasteiger partial charge >= 0.3 is 0 Å². The standard InChI is InChI=1S/C17H23N3O3S2/c1-13-4-3-5-15(10-13)23-7-8-24-17-19-18-16(20(17)2)11-14-6-9-25(21,22)12-14/h3-5,10,14H,6-9,11-12H2,1-2H3/t14-/m0/s1. The average Bonchev–Trinajstić information content (AvgIpc) is 3.07. The van der Waals surface area contributed by atoms with Crippen LogP contribution in [0.15, 0.2) is 29.4 Å². The summed E-state index contributed by atoms with van der Waals surface area (Å²) >= 11 is 1.60. The predicted molar refractivity (Wildman–Crippen MR) is 98.9 cm³/mol. The molecule has 1 saturated heterocycles. The van der Waals surface area contributed by atoms with Crippen molar-refractivity contribution in [3.05, 3.63) is 35.7 Å². The summed E-state index contributed by atoms with van der Waals surface area (Å²) in [6, 6.07) is 7.99. The highest BCUT2D eigenvalue weighted by atomic mass is 32.2. The Kier molecular flexibility index (Phi) is 5.68. The number of hydrogen-bond acceptors (Lipinski definition) is 6. The average molecular weight is 382 g/mol. The molecule has 6 nitrogen and oxygen atoms in total. The zero-order valence-electron chi connectivity index (χ0n) is 14.5. The summed E-state index contributed by atoms with van der Waals surface area (Å²) in [4.78, 5) is 0. The van der Waals surface area contributed by atoms with Crippen LogP contribution in [0.2, 0.25) is 0 Å². The highest BCUT2D eigenvalue weighted by Gasteiger charge is 2.29. The second-order valence-corrected chi connectivity index (χ2v) is 9.74. The zero-order valence-corrected chi connectivity index (χ0v) is 16.1. The molecule has 1 fully saturated rings. The van der Waals surface area contributed by atoms with E-state index in [2.05, 4.69) is 10.2 Å². The number of rotatable bonds is 7. The summed E-state index contributed by atoms with van der Waals surface area (Å²) in [5.41, 5.74) is 1.18. The Morgan fingerprint density at radius 1 is 1.36 bits per heavy atom. The molecular weight excluding hydrogens is 358 g/mol. The Morgan fingerprint density at radius 3 is 2.92 bits per heavy atom. The number of aromatic nitrogens is 3. The van der Waals surface area contributed by atoms with E-state index in [4.69, 9.17) is 4.74 Å². The molecule has 3 rings (SSSR count). The number of thioether (sulfide) groups is 1. The molecule has 0 bridgehead atoms. The van der Waals surface area contributed by atoms with Crippen molar-refractivity contribution in [3.8, 4) is 5.75 Å². The first-order chi connectivity index (χ1) is 11.9. The number of ether oxygens (including phenoxy) is 1. The fourth-order valence-corrected chi connectivity index (χ4v) is 5.55. The first kappa shape index (κ1) is 18.3. The molecule has 0 unspecified atom stereocenters. The van der Waals surface area contributed by atoms with Crippen molar-refractivity contribution in [1.82, 2.24) is 14.8 Å². The van der Waals surface area contributed by atoms with Gasteiger partial charge < -0.3 is 9.30 Å². The Morgan fingerprint density at radius 2 is 2.20 bits per heavy atom. The van der Waals surface area contributed by atoms with Crippen LogP contribution in [-0.2, 0) is 23.3 Å². The third-order valence-electron chi connectivity index (χ3n) is 4.30. The van der Waals surface area contributed by atoms with E-state index in [0.29, 0.717) is 18.8 Å². The largest absolute Gasteiger partial charge is 0.493 e. The van der Waals surface area contributed by atoms with Crippen LogP contribution in [0.1, 0.15) is 17.8 Å². The smallest absolute Gasteiger partial charge is 0.191 e. The first-order valence-corrected chi connectivity index (χ1v) is 11.1.